The minimum atomic E-state index is -4.55. The van der Waals surface area contributed by atoms with Crippen LogP contribution in [-0.2, 0) is 19.7 Å². The van der Waals surface area contributed by atoms with Gasteiger partial charge in [-0.05, 0) is 43.5 Å². The van der Waals surface area contributed by atoms with Gasteiger partial charge in [0.2, 0.25) is 0 Å². The summed E-state index contributed by atoms with van der Waals surface area (Å²) in [5, 5.41) is 0.565. The number of benzene rings is 1. The Morgan fingerprint density at radius 1 is 1.13 bits per heavy atom. The van der Waals surface area contributed by atoms with Crippen molar-refractivity contribution in [1.29, 1.82) is 0 Å². The van der Waals surface area contributed by atoms with Crippen molar-refractivity contribution in [1.82, 2.24) is 0 Å². The van der Waals surface area contributed by atoms with Gasteiger partial charge in [-0.1, -0.05) is 18.0 Å². The van der Waals surface area contributed by atoms with E-state index in [4.69, 9.17) is 20.5 Å². The number of ether oxygens (including phenoxy) is 1. The summed E-state index contributed by atoms with van der Waals surface area (Å²) in [5.74, 6) is 0.567. The zero-order valence-electron chi connectivity index (χ0n) is 12.1. The third-order valence-electron chi connectivity index (χ3n) is 3.26. The highest BCUT2D eigenvalue weighted by Crippen LogP contribution is 2.27. The van der Waals surface area contributed by atoms with Gasteiger partial charge >= 0.3 is 17.5 Å². The number of alkyl halides is 3. The molecule has 130 valence electrons. The summed E-state index contributed by atoms with van der Waals surface area (Å²) in [5.41, 5.74) is 0. The van der Waals surface area contributed by atoms with Crippen LogP contribution in [0.2, 0.25) is 5.02 Å². The van der Waals surface area contributed by atoms with Gasteiger partial charge in [0.1, 0.15) is 18.0 Å². The maximum Gasteiger partial charge on any atom is 0.413 e. The molecule has 0 radical (unpaired) electrons. The van der Waals surface area contributed by atoms with Gasteiger partial charge in [0.15, 0.2) is 6.61 Å². The molecule has 0 aliphatic heterocycles. The lowest BCUT2D eigenvalue weighted by Gasteiger charge is -2.30. The van der Waals surface area contributed by atoms with Crippen LogP contribution in [0.1, 0.15) is 25.7 Å². The zero-order valence-corrected chi connectivity index (χ0v) is 13.6. The molecular weight excluding hydrogens is 357 g/mol. The van der Waals surface area contributed by atoms with E-state index in [9.17, 15) is 17.4 Å². The summed E-state index contributed by atoms with van der Waals surface area (Å²) >= 11 is 3.33. The average molecular weight is 373 g/mol. The molecule has 4 nitrogen and oxygen atoms in total. The molecule has 1 unspecified atom stereocenters. The summed E-state index contributed by atoms with van der Waals surface area (Å²) in [6, 6.07) is 6.70. The fourth-order valence-corrected chi connectivity index (χ4v) is 3.07. The van der Waals surface area contributed by atoms with Gasteiger partial charge in [-0.3, -0.25) is 8.37 Å². The molecule has 1 aromatic rings. The first-order valence-corrected chi connectivity index (χ1v) is 8.42. The average Bonchev–Trinajstić information content (AvgIpc) is 2.49. The first-order chi connectivity index (χ1) is 10.8. The molecule has 3 atom stereocenters. The summed E-state index contributed by atoms with van der Waals surface area (Å²) in [6.45, 7) is -1.62. The van der Waals surface area contributed by atoms with Crippen LogP contribution in [0.25, 0.3) is 0 Å². The van der Waals surface area contributed by atoms with Gasteiger partial charge in [-0.2, -0.15) is 17.4 Å². The van der Waals surface area contributed by atoms with Crippen LogP contribution in [0.5, 0.6) is 5.75 Å². The zero-order chi connectivity index (χ0) is 16.9. The highest BCUT2D eigenvalue weighted by Gasteiger charge is 2.33. The summed E-state index contributed by atoms with van der Waals surface area (Å²) < 4.78 is 62.7. The molecular formula is C14H16ClF3O4S. The largest absolute Gasteiger partial charge is 0.488 e. The minimum absolute atomic E-state index is 0.400. The Labute approximate surface area is 139 Å². The molecule has 0 bridgehead atoms. The quantitative estimate of drug-likeness (QED) is 0.750. The van der Waals surface area contributed by atoms with Gasteiger partial charge in [-0.15, -0.1) is 0 Å². The van der Waals surface area contributed by atoms with E-state index in [1.54, 1.807) is 24.3 Å². The molecule has 0 aromatic heterocycles. The van der Waals surface area contributed by atoms with Crippen LogP contribution in [-0.4, -0.2) is 29.2 Å². The Balaban J connectivity index is 1.90. The van der Waals surface area contributed by atoms with Crippen LogP contribution in [0.4, 0.5) is 13.2 Å². The lowest BCUT2D eigenvalue weighted by molar-refractivity contribution is -0.153. The van der Waals surface area contributed by atoms with Crippen molar-refractivity contribution >= 4 is 23.0 Å². The Hall–Kier alpha value is -0.830. The molecule has 0 heterocycles. The Kier molecular flexibility index (Phi) is 6.70. The SMILES string of the molecule is O=S(OCC(F)(F)F)O[C@H]1CCCC[C@@H]1Oc1ccc(Cl)cc1. The number of hydrogen-bond donors (Lipinski definition) is 0. The van der Waals surface area contributed by atoms with Gasteiger partial charge in [-0.25, -0.2) is 0 Å². The van der Waals surface area contributed by atoms with Gasteiger partial charge in [0, 0.05) is 5.02 Å². The molecule has 0 spiro atoms. The lowest BCUT2D eigenvalue weighted by atomic mass is 9.95. The van der Waals surface area contributed by atoms with E-state index in [0.717, 1.165) is 12.8 Å². The Morgan fingerprint density at radius 3 is 2.35 bits per heavy atom. The van der Waals surface area contributed by atoms with Crippen molar-refractivity contribution < 1.29 is 30.5 Å². The maximum atomic E-state index is 12.0. The van der Waals surface area contributed by atoms with Crippen molar-refractivity contribution in [2.75, 3.05) is 6.61 Å². The molecule has 0 saturated heterocycles. The van der Waals surface area contributed by atoms with E-state index in [1.807, 2.05) is 0 Å². The van der Waals surface area contributed by atoms with Crippen molar-refractivity contribution in [3.05, 3.63) is 29.3 Å². The minimum Gasteiger partial charge on any atom is -0.488 e. The van der Waals surface area contributed by atoms with Crippen LogP contribution in [0.15, 0.2) is 24.3 Å². The Morgan fingerprint density at radius 2 is 1.74 bits per heavy atom. The van der Waals surface area contributed by atoms with Crippen LogP contribution < -0.4 is 4.74 Å². The summed E-state index contributed by atoms with van der Waals surface area (Å²) in [6.07, 6.45) is -2.62. The summed E-state index contributed by atoms with van der Waals surface area (Å²) in [7, 11) is 0. The molecule has 9 heteroatoms. The topological polar surface area (TPSA) is 44.8 Å². The fourth-order valence-electron chi connectivity index (χ4n) is 2.24. The highest BCUT2D eigenvalue weighted by molar-refractivity contribution is 7.75. The first-order valence-electron chi connectivity index (χ1n) is 7.04. The third-order valence-corrected chi connectivity index (χ3v) is 4.23. The van der Waals surface area contributed by atoms with Crippen LogP contribution in [0.3, 0.4) is 0 Å². The molecule has 1 saturated carbocycles. The van der Waals surface area contributed by atoms with Crippen molar-refractivity contribution in [2.24, 2.45) is 0 Å². The lowest BCUT2D eigenvalue weighted by Crippen LogP contribution is -2.38. The van der Waals surface area contributed by atoms with Gasteiger partial charge in [0.05, 0.1) is 0 Å². The van der Waals surface area contributed by atoms with E-state index >= 15 is 0 Å². The van der Waals surface area contributed by atoms with Crippen LogP contribution in [0, 0.1) is 0 Å². The number of rotatable bonds is 6. The molecule has 2 rings (SSSR count). The predicted molar refractivity (Wildman–Crippen MR) is 79.4 cm³/mol. The van der Waals surface area contributed by atoms with Crippen molar-refractivity contribution in [3.8, 4) is 5.75 Å². The van der Waals surface area contributed by atoms with E-state index in [0.29, 0.717) is 23.6 Å². The van der Waals surface area contributed by atoms with Gasteiger partial charge in [0.25, 0.3) is 0 Å². The second-order valence-corrected chi connectivity index (χ2v) is 6.38. The van der Waals surface area contributed by atoms with Crippen molar-refractivity contribution in [3.63, 3.8) is 0 Å². The number of hydrogen-bond acceptors (Lipinski definition) is 4. The first kappa shape index (κ1) is 18.5. The molecule has 1 aromatic carbocycles. The highest BCUT2D eigenvalue weighted by atomic mass is 35.5. The van der Waals surface area contributed by atoms with E-state index in [1.165, 1.54) is 0 Å². The van der Waals surface area contributed by atoms with E-state index in [-0.39, 0.29) is 0 Å². The Bertz CT molecular complexity index is 524. The van der Waals surface area contributed by atoms with Crippen LogP contribution >= 0.6 is 11.6 Å². The predicted octanol–water partition coefficient (Wildman–Crippen LogP) is 4.20. The smallest absolute Gasteiger partial charge is 0.413 e. The second-order valence-electron chi connectivity index (χ2n) is 5.11. The normalized spacial score (nSPS) is 23.5. The second kappa shape index (κ2) is 8.32. The molecule has 1 aliphatic carbocycles. The van der Waals surface area contributed by atoms with Crippen molar-refractivity contribution in [2.45, 2.75) is 44.1 Å². The maximum absolute atomic E-state index is 12.0. The molecule has 0 N–H and O–H groups in total. The molecule has 23 heavy (non-hydrogen) atoms. The van der Waals surface area contributed by atoms with E-state index in [2.05, 4.69) is 4.18 Å². The number of halogens is 4. The third kappa shape index (κ3) is 6.66. The fraction of sp³-hybridized carbons (Fsp3) is 0.571. The molecule has 0 amide bonds. The molecule has 1 fully saturated rings. The monoisotopic (exact) mass is 372 g/mol. The standard InChI is InChI=1S/C14H16ClF3O4S/c15-10-5-7-11(8-6-10)21-12-3-1-2-4-13(12)22-23(19)20-9-14(16,17)18/h5-8,12-13H,1-4,9H2/t12-,13-,23?/m0/s1. The van der Waals surface area contributed by atoms with Gasteiger partial charge < -0.3 is 4.74 Å². The molecule has 1 aliphatic rings. The summed E-state index contributed by atoms with van der Waals surface area (Å²) in [4.78, 5) is 0. The van der Waals surface area contributed by atoms with E-state index < -0.39 is 36.4 Å².